The van der Waals surface area contributed by atoms with Crippen LogP contribution in [-0.2, 0) is 13.6 Å². The van der Waals surface area contributed by atoms with Crippen molar-refractivity contribution in [3.05, 3.63) is 58.7 Å². The van der Waals surface area contributed by atoms with Gasteiger partial charge in [-0.25, -0.2) is 0 Å². The van der Waals surface area contributed by atoms with Gasteiger partial charge in [-0.05, 0) is 30.0 Å². The molecule has 0 unspecified atom stereocenters. The number of hydrogen-bond acceptors (Lipinski definition) is 5. The number of nitrogens with zero attached hydrogens (tertiary/aromatic N) is 5. The Balaban J connectivity index is 1.45. The number of carbonyl (C=O) groups excluding carboxylic acids is 1. The van der Waals surface area contributed by atoms with E-state index in [9.17, 15) is 4.79 Å². The summed E-state index contributed by atoms with van der Waals surface area (Å²) in [6, 6.07) is 5.90. The van der Waals surface area contributed by atoms with Crippen LogP contribution in [0.5, 0.6) is 0 Å². The summed E-state index contributed by atoms with van der Waals surface area (Å²) in [7, 11) is 1.96. The molecule has 0 bridgehead atoms. The number of carbonyl (C=O) groups is 1. The first-order chi connectivity index (χ1) is 13.2. The quantitative estimate of drug-likeness (QED) is 0.697. The van der Waals surface area contributed by atoms with Crippen molar-refractivity contribution in [3.63, 3.8) is 0 Å². The summed E-state index contributed by atoms with van der Waals surface area (Å²) in [6.45, 7) is 4.28. The zero-order chi connectivity index (χ0) is 18.6. The average molecular weight is 382 g/mol. The van der Waals surface area contributed by atoms with Crippen LogP contribution < -0.4 is 0 Å². The topological polar surface area (TPSA) is 54.3 Å². The lowest BCUT2D eigenvalue weighted by molar-refractivity contribution is 0.0761. The summed E-state index contributed by atoms with van der Waals surface area (Å²) >= 11 is 1.57. The zero-order valence-corrected chi connectivity index (χ0v) is 16.2. The molecule has 1 aliphatic heterocycles. The number of thiophene rings is 1. The predicted octanol–water partition coefficient (Wildman–Crippen LogP) is 2.89. The fraction of sp³-hybridized carbons (Fsp3) is 0.350. The molecule has 0 spiro atoms. The van der Waals surface area contributed by atoms with Gasteiger partial charge >= 0.3 is 0 Å². The molecular formula is C20H23N5OS. The van der Waals surface area contributed by atoms with Crippen LogP contribution in [0.15, 0.2) is 47.5 Å². The SMILES string of the molecule is Cn1cc(CN2CCCN(C(=O)c3ccsc3)CC2)c(-c2ccncc2)n1. The minimum atomic E-state index is 0.150. The molecule has 7 heteroatoms. The van der Waals surface area contributed by atoms with E-state index in [0.29, 0.717) is 0 Å². The van der Waals surface area contributed by atoms with Crippen LogP contribution in [0, 0.1) is 0 Å². The largest absolute Gasteiger partial charge is 0.337 e. The normalized spacial score (nSPS) is 15.7. The molecule has 6 nitrogen and oxygen atoms in total. The number of aromatic nitrogens is 3. The van der Waals surface area contributed by atoms with Gasteiger partial charge in [0.2, 0.25) is 0 Å². The van der Waals surface area contributed by atoms with Gasteiger partial charge in [-0.3, -0.25) is 19.4 Å². The highest BCUT2D eigenvalue weighted by molar-refractivity contribution is 7.08. The van der Waals surface area contributed by atoms with Gasteiger partial charge in [0.15, 0.2) is 0 Å². The van der Waals surface area contributed by atoms with Crippen molar-refractivity contribution in [1.29, 1.82) is 0 Å². The number of amides is 1. The van der Waals surface area contributed by atoms with E-state index in [2.05, 4.69) is 21.2 Å². The Hall–Kier alpha value is -2.51. The van der Waals surface area contributed by atoms with E-state index in [4.69, 9.17) is 0 Å². The highest BCUT2D eigenvalue weighted by atomic mass is 32.1. The molecule has 0 N–H and O–H groups in total. The summed E-state index contributed by atoms with van der Waals surface area (Å²) in [5.41, 5.74) is 4.11. The third-order valence-corrected chi connectivity index (χ3v) is 5.58. The van der Waals surface area contributed by atoms with Crippen LogP contribution >= 0.6 is 11.3 Å². The van der Waals surface area contributed by atoms with Crippen LogP contribution in [0.4, 0.5) is 0 Å². The molecule has 1 fully saturated rings. The fourth-order valence-electron chi connectivity index (χ4n) is 3.55. The van der Waals surface area contributed by atoms with E-state index in [1.807, 2.05) is 45.6 Å². The second-order valence-electron chi connectivity index (χ2n) is 6.85. The molecule has 0 atom stereocenters. The molecule has 4 heterocycles. The maximum Gasteiger partial charge on any atom is 0.254 e. The van der Waals surface area contributed by atoms with E-state index >= 15 is 0 Å². The minimum absolute atomic E-state index is 0.150. The molecule has 1 saturated heterocycles. The lowest BCUT2D eigenvalue weighted by Crippen LogP contribution is -2.34. The van der Waals surface area contributed by atoms with Gasteiger partial charge in [0, 0.05) is 74.9 Å². The predicted molar refractivity (Wildman–Crippen MR) is 107 cm³/mol. The second-order valence-corrected chi connectivity index (χ2v) is 7.63. The standard InChI is InChI=1S/C20H23N5OS/c1-23-13-18(19(22-23)16-3-6-21-7-4-16)14-24-8-2-9-25(11-10-24)20(26)17-5-12-27-15-17/h3-7,12-13,15H,2,8-11,14H2,1H3. The van der Waals surface area contributed by atoms with E-state index in [1.54, 1.807) is 23.7 Å². The Bertz CT molecular complexity index is 891. The lowest BCUT2D eigenvalue weighted by atomic mass is 10.1. The summed E-state index contributed by atoms with van der Waals surface area (Å²) in [4.78, 5) is 21.1. The Morgan fingerprint density at radius 3 is 2.78 bits per heavy atom. The highest BCUT2D eigenvalue weighted by Gasteiger charge is 2.22. The van der Waals surface area contributed by atoms with E-state index in [-0.39, 0.29) is 5.91 Å². The van der Waals surface area contributed by atoms with Crippen molar-refractivity contribution in [2.45, 2.75) is 13.0 Å². The molecule has 1 aliphatic rings. The Kier molecular flexibility index (Phi) is 5.31. The molecular weight excluding hydrogens is 358 g/mol. The second kappa shape index (κ2) is 8.02. The van der Waals surface area contributed by atoms with Crippen molar-refractivity contribution < 1.29 is 4.79 Å². The van der Waals surface area contributed by atoms with Crippen molar-refractivity contribution in [3.8, 4) is 11.3 Å². The van der Waals surface area contributed by atoms with Gasteiger partial charge in [-0.15, -0.1) is 0 Å². The lowest BCUT2D eigenvalue weighted by Gasteiger charge is -2.21. The van der Waals surface area contributed by atoms with Crippen molar-refractivity contribution in [2.24, 2.45) is 7.05 Å². The van der Waals surface area contributed by atoms with E-state index in [1.165, 1.54) is 5.56 Å². The maximum atomic E-state index is 12.6. The number of rotatable bonds is 4. The van der Waals surface area contributed by atoms with Crippen LogP contribution in [0.3, 0.4) is 0 Å². The van der Waals surface area contributed by atoms with Crippen LogP contribution in [-0.4, -0.2) is 56.7 Å². The Morgan fingerprint density at radius 2 is 2.00 bits per heavy atom. The molecule has 27 heavy (non-hydrogen) atoms. The zero-order valence-electron chi connectivity index (χ0n) is 15.4. The first kappa shape index (κ1) is 17.9. The molecule has 0 aliphatic carbocycles. The first-order valence-electron chi connectivity index (χ1n) is 9.17. The summed E-state index contributed by atoms with van der Waals surface area (Å²) in [5.74, 6) is 0.150. The molecule has 3 aromatic heterocycles. The third kappa shape index (κ3) is 4.09. The number of hydrogen-bond donors (Lipinski definition) is 0. The van der Waals surface area contributed by atoms with Crippen LogP contribution in [0.1, 0.15) is 22.3 Å². The first-order valence-corrected chi connectivity index (χ1v) is 10.1. The van der Waals surface area contributed by atoms with Gasteiger partial charge in [0.1, 0.15) is 0 Å². The van der Waals surface area contributed by atoms with Gasteiger partial charge in [0.25, 0.3) is 5.91 Å². The monoisotopic (exact) mass is 381 g/mol. The van der Waals surface area contributed by atoms with E-state index < -0.39 is 0 Å². The fourth-order valence-corrected chi connectivity index (χ4v) is 4.18. The average Bonchev–Trinajstić information content (AvgIpc) is 3.28. The van der Waals surface area contributed by atoms with Crippen molar-refractivity contribution in [2.75, 3.05) is 26.2 Å². The molecule has 4 rings (SSSR count). The van der Waals surface area contributed by atoms with Crippen molar-refractivity contribution in [1.82, 2.24) is 24.6 Å². The Labute approximate surface area is 163 Å². The highest BCUT2D eigenvalue weighted by Crippen LogP contribution is 2.23. The van der Waals surface area contributed by atoms with Gasteiger partial charge in [-0.2, -0.15) is 16.4 Å². The van der Waals surface area contributed by atoms with Gasteiger partial charge in [0.05, 0.1) is 11.3 Å². The summed E-state index contributed by atoms with van der Waals surface area (Å²) in [5, 5.41) is 8.54. The molecule has 1 amide bonds. The van der Waals surface area contributed by atoms with Crippen molar-refractivity contribution >= 4 is 17.2 Å². The molecule has 140 valence electrons. The van der Waals surface area contributed by atoms with Crippen LogP contribution in [0.25, 0.3) is 11.3 Å². The third-order valence-electron chi connectivity index (χ3n) is 4.90. The number of aryl methyl sites for hydroxylation is 1. The van der Waals surface area contributed by atoms with E-state index in [0.717, 1.165) is 56.0 Å². The van der Waals surface area contributed by atoms with Crippen LogP contribution in [0.2, 0.25) is 0 Å². The molecule has 0 saturated carbocycles. The molecule has 0 aromatic carbocycles. The minimum Gasteiger partial charge on any atom is -0.337 e. The summed E-state index contributed by atoms with van der Waals surface area (Å²) < 4.78 is 1.87. The number of pyridine rings is 1. The summed E-state index contributed by atoms with van der Waals surface area (Å²) in [6.07, 6.45) is 6.68. The smallest absolute Gasteiger partial charge is 0.254 e. The Morgan fingerprint density at radius 1 is 1.15 bits per heavy atom. The van der Waals surface area contributed by atoms with Gasteiger partial charge < -0.3 is 4.90 Å². The molecule has 0 radical (unpaired) electrons. The maximum absolute atomic E-state index is 12.6. The molecule has 3 aromatic rings. The van der Waals surface area contributed by atoms with Gasteiger partial charge in [-0.1, -0.05) is 0 Å².